The molecule has 0 aliphatic rings. The van der Waals surface area contributed by atoms with Crippen LogP contribution in [-0.4, -0.2) is 17.0 Å². The van der Waals surface area contributed by atoms with Crippen LogP contribution in [0.2, 0.25) is 0 Å². The van der Waals surface area contributed by atoms with Gasteiger partial charge in [0.2, 0.25) is 5.91 Å². The van der Waals surface area contributed by atoms with Gasteiger partial charge in [-0.3, -0.25) is 9.59 Å². The van der Waals surface area contributed by atoms with Crippen molar-refractivity contribution < 1.29 is 19.1 Å². The summed E-state index contributed by atoms with van der Waals surface area (Å²) in [5.74, 6) is 0.292. The number of carboxylic acid groups (broad SMARTS) is 1. The monoisotopic (exact) mass is 239 g/mol. The number of furan rings is 1. The standard InChI is InChI=1S/C12H17NO4/c1-8(6-12(15)16)5-11(14)13-7-10-4-3-9(2)17-10/h3-4,8H,5-7H2,1-2H3,(H,13,14)(H,15,16). The number of amides is 1. The van der Waals surface area contributed by atoms with Crippen molar-refractivity contribution in [1.29, 1.82) is 0 Å². The summed E-state index contributed by atoms with van der Waals surface area (Å²) in [5, 5.41) is 11.3. The predicted molar refractivity (Wildman–Crippen MR) is 61.3 cm³/mol. The predicted octanol–water partition coefficient (Wildman–Crippen LogP) is 1.71. The van der Waals surface area contributed by atoms with Gasteiger partial charge in [0.1, 0.15) is 11.5 Å². The van der Waals surface area contributed by atoms with E-state index in [1.807, 2.05) is 13.0 Å². The molecule has 5 nitrogen and oxygen atoms in total. The van der Waals surface area contributed by atoms with Crippen LogP contribution in [0.15, 0.2) is 16.5 Å². The van der Waals surface area contributed by atoms with Crippen LogP contribution < -0.4 is 5.32 Å². The Morgan fingerprint density at radius 1 is 1.41 bits per heavy atom. The highest BCUT2D eigenvalue weighted by Crippen LogP contribution is 2.08. The molecule has 1 aromatic heterocycles. The summed E-state index contributed by atoms with van der Waals surface area (Å²) in [6, 6.07) is 3.63. The minimum absolute atomic E-state index is 0.00722. The number of nitrogens with one attached hydrogen (secondary N) is 1. The Morgan fingerprint density at radius 2 is 2.12 bits per heavy atom. The van der Waals surface area contributed by atoms with Crippen molar-refractivity contribution in [2.75, 3.05) is 0 Å². The molecule has 5 heteroatoms. The summed E-state index contributed by atoms with van der Waals surface area (Å²) >= 11 is 0. The van der Waals surface area contributed by atoms with Crippen LogP contribution in [-0.2, 0) is 16.1 Å². The molecule has 1 rings (SSSR count). The molecule has 0 bridgehead atoms. The average Bonchev–Trinajstić information content (AvgIpc) is 2.59. The second-order valence-electron chi connectivity index (χ2n) is 4.20. The van der Waals surface area contributed by atoms with Crippen LogP contribution in [0.3, 0.4) is 0 Å². The Labute approximate surface area is 99.8 Å². The van der Waals surface area contributed by atoms with E-state index in [0.29, 0.717) is 12.3 Å². The van der Waals surface area contributed by atoms with Crippen LogP contribution in [0.4, 0.5) is 0 Å². The molecule has 1 atom stereocenters. The minimum Gasteiger partial charge on any atom is -0.481 e. The maximum Gasteiger partial charge on any atom is 0.303 e. The summed E-state index contributed by atoms with van der Waals surface area (Å²) in [6.07, 6.45) is 0.221. The van der Waals surface area contributed by atoms with Gasteiger partial charge >= 0.3 is 5.97 Å². The van der Waals surface area contributed by atoms with Crippen LogP contribution in [0.1, 0.15) is 31.3 Å². The van der Waals surface area contributed by atoms with E-state index in [0.717, 1.165) is 5.76 Å². The molecule has 17 heavy (non-hydrogen) atoms. The second-order valence-corrected chi connectivity index (χ2v) is 4.20. The highest BCUT2D eigenvalue weighted by atomic mass is 16.4. The van der Waals surface area contributed by atoms with Gasteiger partial charge in [0.05, 0.1) is 6.54 Å². The molecule has 1 aromatic rings. The first-order valence-corrected chi connectivity index (χ1v) is 5.51. The first-order chi connectivity index (χ1) is 7.97. The zero-order chi connectivity index (χ0) is 12.8. The highest BCUT2D eigenvalue weighted by Gasteiger charge is 2.12. The number of carbonyl (C=O) groups is 2. The van der Waals surface area contributed by atoms with Gasteiger partial charge in [0, 0.05) is 12.8 Å². The number of aliphatic carboxylic acids is 1. The lowest BCUT2D eigenvalue weighted by molar-refractivity contribution is -0.138. The first kappa shape index (κ1) is 13.3. The molecule has 2 N–H and O–H groups in total. The molecule has 0 spiro atoms. The summed E-state index contributed by atoms with van der Waals surface area (Å²) in [6.45, 7) is 3.91. The van der Waals surface area contributed by atoms with Gasteiger partial charge in [-0.2, -0.15) is 0 Å². The van der Waals surface area contributed by atoms with Crippen molar-refractivity contribution in [2.45, 2.75) is 33.2 Å². The maximum absolute atomic E-state index is 11.5. The van der Waals surface area contributed by atoms with Crippen molar-refractivity contribution >= 4 is 11.9 Å². The van der Waals surface area contributed by atoms with Gasteiger partial charge in [-0.15, -0.1) is 0 Å². The van der Waals surface area contributed by atoms with Gasteiger partial charge < -0.3 is 14.8 Å². The third kappa shape index (κ3) is 5.19. The number of rotatable bonds is 6. The van der Waals surface area contributed by atoms with Gasteiger partial charge in [-0.25, -0.2) is 0 Å². The molecule has 1 unspecified atom stereocenters. The molecule has 0 radical (unpaired) electrons. The normalized spacial score (nSPS) is 12.1. The summed E-state index contributed by atoms with van der Waals surface area (Å²) in [5.41, 5.74) is 0. The van der Waals surface area contributed by atoms with E-state index in [4.69, 9.17) is 9.52 Å². The van der Waals surface area contributed by atoms with Crippen LogP contribution in [0.5, 0.6) is 0 Å². The average molecular weight is 239 g/mol. The Hall–Kier alpha value is -1.78. The van der Waals surface area contributed by atoms with Crippen molar-refractivity contribution in [3.63, 3.8) is 0 Å². The molecule has 1 heterocycles. The van der Waals surface area contributed by atoms with Gasteiger partial charge in [0.15, 0.2) is 0 Å². The fourth-order valence-corrected chi connectivity index (χ4v) is 1.52. The fourth-order valence-electron chi connectivity index (χ4n) is 1.52. The SMILES string of the molecule is Cc1ccc(CNC(=O)CC(C)CC(=O)O)o1. The van der Waals surface area contributed by atoms with E-state index in [1.165, 1.54) is 0 Å². The number of carboxylic acids is 1. The second kappa shape index (κ2) is 6.08. The lowest BCUT2D eigenvalue weighted by Crippen LogP contribution is -2.24. The maximum atomic E-state index is 11.5. The summed E-state index contributed by atoms with van der Waals surface area (Å²) < 4.78 is 5.29. The smallest absolute Gasteiger partial charge is 0.303 e. The van der Waals surface area contributed by atoms with Gasteiger partial charge in [-0.1, -0.05) is 6.92 Å². The van der Waals surface area contributed by atoms with Crippen molar-refractivity contribution in [2.24, 2.45) is 5.92 Å². The molecule has 0 saturated heterocycles. The number of carbonyl (C=O) groups excluding carboxylic acids is 1. The third-order valence-electron chi connectivity index (χ3n) is 2.31. The van der Waals surface area contributed by atoms with E-state index in [2.05, 4.69) is 5.32 Å². The topological polar surface area (TPSA) is 79.5 Å². The lowest BCUT2D eigenvalue weighted by atomic mass is 10.0. The van der Waals surface area contributed by atoms with E-state index in [-0.39, 0.29) is 24.7 Å². The van der Waals surface area contributed by atoms with Crippen LogP contribution in [0, 0.1) is 12.8 Å². The highest BCUT2D eigenvalue weighted by molar-refractivity contribution is 5.77. The van der Waals surface area contributed by atoms with Crippen LogP contribution >= 0.6 is 0 Å². The van der Waals surface area contributed by atoms with E-state index in [9.17, 15) is 9.59 Å². The van der Waals surface area contributed by atoms with Crippen LogP contribution in [0.25, 0.3) is 0 Å². The van der Waals surface area contributed by atoms with E-state index in [1.54, 1.807) is 13.0 Å². The van der Waals surface area contributed by atoms with Crippen molar-refractivity contribution in [3.8, 4) is 0 Å². The molecule has 0 fully saturated rings. The lowest BCUT2D eigenvalue weighted by Gasteiger charge is -2.08. The summed E-state index contributed by atoms with van der Waals surface area (Å²) in [7, 11) is 0. The Kier molecular flexibility index (Phi) is 4.75. The quantitative estimate of drug-likeness (QED) is 0.792. The first-order valence-electron chi connectivity index (χ1n) is 5.51. The van der Waals surface area contributed by atoms with Crippen molar-refractivity contribution in [1.82, 2.24) is 5.32 Å². The molecular formula is C12H17NO4. The Morgan fingerprint density at radius 3 is 2.65 bits per heavy atom. The molecule has 0 saturated carbocycles. The molecule has 0 aromatic carbocycles. The zero-order valence-corrected chi connectivity index (χ0v) is 10.0. The molecule has 0 aliphatic heterocycles. The molecule has 0 aliphatic carbocycles. The minimum atomic E-state index is -0.882. The molecule has 94 valence electrons. The Bertz CT molecular complexity index is 397. The Balaban J connectivity index is 2.28. The number of aryl methyl sites for hydroxylation is 1. The zero-order valence-electron chi connectivity index (χ0n) is 10.0. The van der Waals surface area contributed by atoms with Gasteiger partial charge in [0.25, 0.3) is 0 Å². The fraction of sp³-hybridized carbons (Fsp3) is 0.500. The molecular weight excluding hydrogens is 222 g/mol. The van der Waals surface area contributed by atoms with Gasteiger partial charge in [-0.05, 0) is 25.0 Å². The van der Waals surface area contributed by atoms with E-state index < -0.39 is 5.97 Å². The van der Waals surface area contributed by atoms with Crippen molar-refractivity contribution in [3.05, 3.63) is 23.7 Å². The summed E-state index contributed by atoms with van der Waals surface area (Å²) in [4.78, 5) is 21.9. The third-order valence-corrected chi connectivity index (χ3v) is 2.31. The number of hydrogen-bond donors (Lipinski definition) is 2. The van der Waals surface area contributed by atoms with E-state index >= 15 is 0 Å². The molecule has 1 amide bonds. The number of hydrogen-bond acceptors (Lipinski definition) is 3. The largest absolute Gasteiger partial charge is 0.481 e.